The normalized spacial score (nSPS) is 10.2. The molecule has 7 nitrogen and oxygen atoms in total. The second-order valence-electron chi connectivity index (χ2n) is 3.59. The summed E-state index contributed by atoms with van der Waals surface area (Å²) in [6.45, 7) is 0.144. The highest BCUT2D eigenvalue weighted by Crippen LogP contribution is 2.29. The first kappa shape index (κ1) is 13.0. The Morgan fingerprint density at radius 2 is 2.16 bits per heavy atom. The summed E-state index contributed by atoms with van der Waals surface area (Å²) in [7, 11) is 0. The van der Waals surface area contributed by atoms with Crippen LogP contribution in [0.25, 0.3) is 0 Å². The smallest absolute Gasteiger partial charge is 0.271 e. The Balaban J connectivity index is 2.07. The van der Waals surface area contributed by atoms with Crippen molar-refractivity contribution in [3.05, 3.63) is 51.4 Å². The van der Waals surface area contributed by atoms with Crippen LogP contribution in [0.2, 0.25) is 5.02 Å². The van der Waals surface area contributed by atoms with Crippen LogP contribution in [0.5, 0.6) is 5.75 Å². The van der Waals surface area contributed by atoms with Gasteiger partial charge in [0.05, 0.1) is 28.0 Å². The van der Waals surface area contributed by atoms with Crippen LogP contribution >= 0.6 is 11.6 Å². The number of rotatable bonds is 4. The number of nitrogens with two attached hydrogens (primary N) is 1. The van der Waals surface area contributed by atoms with Crippen molar-refractivity contribution in [3.63, 3.8) is 0 Å². The fourth-order valence-electron chi connectivity index (χ4n) is 1.31. The van der Waals surface area contributed by atoms with E-state index in [1.807, 2.05) is 0 Å². The number of aromatic nitrogens is 2. The van der Waals surface area contributed by atoms with Crippen molar-refractivity contribution in [2.75, 3.05) is 5.73 Å². The minimum Gasteiger partial charge on any atom is -0.486 e. The number of non-ortho nitro benzene ring substituents is 1. The Labute approximate surface area is 113 Å². The fourth-order valence-corrected chi connectivity index (χ4v) is 1.54. The van der Waals surface area contributed by atoms with Crippen LogP contribution in [-0.4, -0.2) is 14.9 Å². The van der Waals surface area contributed by atoms with E-state index in [4.69, 9.17) is 22.1 Å². The van der Waals surface area contributed by atoms with E-state index in [9.17, 15) is 10.1 Å². The summed E-state index contributed by atoms with van der Waals surface area (Å²) in [5.74, 6) is 0.656. The van der Waals surface area contributed by atoms with Gasteiger partial charge in [-0.05, 0) is 6.07 Å². The number of hydrogen-bond acceptors (Lipinski definition) is 6. The minimum atomic E-state index is -0.527. The zero-order valence-corrected chi connectivity index (χ0v) is 10.4. The Morgan fingerprint density at radius 1 is 1.37 bits per heavy atom. The van der Waals surface area contributed by atoms with Gasteiger partial charge in [-0.1, -0.05) is 11.6 Å². The molecule has 2 rings (SSSR count). The molecule has 0 saturated heterocycles. The lowest BCUT2D eigenvalue weighted by Gasteiger charge is -2.07. The molecule has 0 bridgehead atoms. The maximum Gasteiger partial charge on any atom is 0.271 e. The number of nitro groups is 1. The van der Waals surface area contributed by atoms with Crippen molar-refractivity contribution in [1.82, 2.24) is 9.97 Å². The summed E-state index contributed by atoms with van der Waals surface area (Å²) in [5.41, 5.74) is 5.88. The van der Waals surface area contributed by atoms with E-state index in [1.54, 1.807) is 0 Å². The van der Waals surface area contributed by atoms with E-state index in [0.29, 0.717) is 17.3 Å². The number of nitro benzene ring substituents is 1. The molecular formula is C11H9ClN4O3. The fraction of sp³-hybridized carbons (Fsp3) is 0.0909. The maximum atomic E-state index is 10.6. The lowest BCUT2D eigenvalue weighted by atomic mass is 10.3. The highest BCUT2D eigenvalue weighted by Gasteiger charge is 2.10. The summed E-state index contributed by atoms with van der Waals surface area (Å²) >= 11 is 5.88. The van der Waals surface area contributed by atoms with E-state index in [0.717, 1.165) is 0 Å². The second kappa shape index (κ2) is 5.49. The third-order valence-electron chi connectivity index (χ3n) is 2.23. The van der Waals surface area contributed by atoms with Gasteiger partial charge in [0.1, 0.15) is 18.2 Å². The molecule has 1 aromatic carbocycles. The van der Waals surface area contributed by atoms with Gasteiger partial charge in [0.25, 0.3) is 5.69 Å². The van der Waals surface area contributed by atoms with Gasteiger partial charge in [-0.3, -0.25) is 15.1 Å². The Bertz CT molecular complexity index is 603. The summed E-state index contributed by atoms with van der Waals surface area (Å²) < 4.78 is 5.40. The highest BCUT2D eigenvalue weighted by molar-refractivity contribution is 6.32. The van der Waals surface area contributed by atoms with E-state index >= 15 is 0 Å². The number of ether oxygens (including phenoxy) is 1. The van der Waals surface area contributed by atoms with Crippen LogP contribution in [0.15, 0.2) is 30.6 Å². The van der Waals surface area contributed by atoms with E-state index in [1.165, 1.54) is 30.6 Å². The van der Waals surface area contributed by atoms with Gasteiger partial charge in [-0.2, -0.15) is 0 Å². The number of benzene rings is 1. The summed E-state index contributed by atoms with van der Waals surface area (Å²) in [6.07, 6.45) is 2.89. The molecule has 8 heteroatoms. The van der Waals surface area contributed by atoms with Gasteiger partial charge >= 0.3 is 0 Å². The zero-order chi connectivity index (χ0) is 13.8. The first-order chi connectivity index (χ1) is 9.06. The number of nitrogen functional groups attached to an aromatic ring is 1. The van der Waals surface area contributed by atoms with Gasteiger partial charge in [-0.25, -0.2) is 4.98 Å². The van der Waals surface area contributed by atoms with Crippen LogP contribution in [0, 0.1) is 10.1 Å². The van der Waals surface area contributed by atoms with Crippen LogP contribution in [0.1, 0.15) is 5.69 Å². The predicted octanol–water partition coefficient (Wildman–Crippen LogP) is 2.20. The van der Waals surface area contributed by atoms with Crippen LogP contribution in [0.4, 0.5) is 11.5 Å². The molecule has 2 N–H and O–H groups in total. The molecule has 0 saturated carbocycles. The first-order valence-electron chi connectivity index (χ1n) is 5.19. The van der Waals surface area contributed by atoms with Gasteiger partial charge in [0.15, 0.2) is 0 Å². The zero-order valence-electron chi connectivity index (χ0n) is 9.62. The average Bonchev–Trinajstić information content (AvgIpc) is 2.39. The largest absolute Gasteiger partial charge is 0.486 e. The Kier molecular flexibility index (Phi) is 3.76. The highest BCUT2D eigenvalue weighted by atomic mass is 35.5. The van der Waals surface area contributed by atoms with E-state index in [-0.39, 0.29) is 17.3 Å². The summed E-state index contributed by atoms with van der Waals surface area (Å²) in [4.78, 5) is 17.9. The molecule has 98 valence electrons. The van der Waals surface area contributed by atoms with Crippen LogP contribution < -0.4 is 10.5 Å². The number of halogens is 1. The van der Waals surface area contributed by atoms with E-state index < -0.39 is 4.92 Å². The van der Waals surface area contributed by atoms with Crippen molar-refractivity contribution in [1.29, 1.82) is 0 Å². The number of nitrogens with zero attached hydrogens (tertiary/aromatic N) is 3. The lowest BCUT2D eigenvalue weighted by molar-refractivity contribution is -0.384. The summed E-state index contributed by atoms with van der Waals surface area (Å²) in [6, 6.07) is 3.98. The van der Waals surface area contributed by atoms with Gasteiger partial charge < -0.3 is 10.5 Å². The van der Waals surface area contributed by atoms with E-state index in [2.05, 4.69) is 9.97 Å². The van der Waals surface area contributed by atoms with Crippen molar-refractivity contribution in [3.8, 4) is 5.75 Å². The number of anilines is 1. The molecule has 0 atom stereocenters. The lowest BCUT2D eigenvalue weighted by Crippen LogP contribution is -2.01. The van der Waals surface area contributed by atoms with Gasteiger partial charge in [-0.15, -0.1) is 0 Å². The Hall–Kier alpha value is -2.41. The molecule has 0 aliphatic heterocycles. The van der Waals surface area contributed by atoms with Crippen molar-refractivity contribution in [2.45, 2.75) is 6.61 Å². The molecule has 2 aromatic rings. The standard InChI is InChI=1S/C11H9ClN4O3/c12-9-3-8(16(17)18)1-2-10(9)19-6-7-4-15-11(13)5-14-7/h1-5H,6H2,(H2,13,15). The monoisotopic (exact) mass is 280 g/mol. The molecular weight excluding hydrogens is 272 g/mol. The molecule has 1 aromatic heterocycles. The minimum absolute atomic E-state index is 0.0929. The third-order valence-corrected chi connectivity index (χ3v) is 2.52. The van der Waals surface area contributed by atoms with Crippen LogP contribution in [-0.2, 0) is 6.61 Å². The SMILES string of the molecule is Nc1cnc(COc2ccc([N+](=O)[O-])cc2Cl)cn1. The Morgan fingerprint density at radius 3 is 2.74 bits per heavy atom. The molecule has 0 amide bonds. The quantitative estimate of drug-likeness (QED) is 0.680. The molecule has 0 unspecified atom stereocenters. The third kappa shape index (κ3) is 3.29. The van der Waals surface area contributed by atoms with Gasteiger partial charge in [0.2, 0.25) is 0 Å². The average molecular weight is 281 g/mol. The summed E-state index contributed by atoms with van der Waals surface area (Å²) in [5, 5.41) is 10.7. The predicted molar refractivity (Wildman–Crippen MR) is 68.9 cm³/mol. The van der Waals surface area contributed by atoms with Crippen LogP contribution in [0.3, 0.4) is 0 Å². The molecule has 0 aliphatic carbocycles. The number of hydrogen-bond donors (Lipinski definition) is 1. The first-order valence-corrected chi connectivity index (χ1v) is 5.57. The molecule has 1 heterocycles. The molecule has 0 radical (unpaired) electrons. The second-order valence-corrected chi connectivity index (χ2v) is 4.00. The topological polar surface area (TPSA) is 104 Å². The maximum absolute atomic E-state index is 10.6. The molecule has 0 spiro atoms. The van der Waals surface area contributed by atoms with Crippen molar-refractivity contribution < 1.29 is 9.66 Å². The van der Waals surface area contributed by atoms with Gasteiger partial charge in [0, 0.05) is 12.1 Å². The van der Waals surface area contributed by atoms with Crippen molar-refractivity contribution >= 4 is 23.1 Å². The molecule has 0 fully saturated rings. The van der Waals surface area contributed by atoms with Crippen molar-refractivity contribution in [2.24, 2.45) is 0 Å². The molecule has 0 aliphatic rings. The molecule has 19 heavy (non-hydrogen) atoms.